The Hall–Kier alpha value is -2.39. The SMILES string of the molecule is C[Si](C)(C)C#CCc1cn(CC(=O)OCc2ccccc2)nn1. The van der Waals surface area contributed by atoms with Gasteiger partial charge in [0.2, 0.25) is 0 Å². The maximum absolute atomic E-state index is 11.8. The Morgan fingerprint density at radius 1 is 1.26 bits per heavy atom. The van der Waals surface area contributed by atoms with E-state index in [9.17, 15) is 4.79 Å². The van der Waals surface area contributed by atoms with Crippen LogP contribution in [0.5, 0.6) is 0 Å². The second-order valence-corrected chi connectivity index (χ2v) is 11.0. The number of carbonyl (C=O) groups excluding carboxylic acids is 1. The average molecular weight is 327 g/mol. The third-order valence-electron chi connectivity index (χ3n) is 2.85. The molecule has 2 rings (SSSR count). The topological polar surface area (TPSA) is 57.0 Å². The lowest BCUT2D eigenvalue weighted by atomic mass is 10.2. The van der Waals surface area contributed by atoms with Crippen LogP contribution in [-0.4, -0.2) is 29.0 Å². The van der Waals surface area contributed by atoms with Crippen LogP contribution in [0.15, 0.2) is 36.5 Å². The van der Waals surface area contributed by atoms with Gasteiger partial charge in [-0.3, -0.25) is 4.79 Å². The largest absolute Gasteiger partial charge is 0.459 e. The summed E-state index contributed by atoms with van der Waals surface area (Å²) in [6, 6.07) is 9.58. The number of ether oxygens (including phenoxy) is 1. The van der Waals surface area contributed by atoms with Crippen molar-refractivity contribution in [3.05, 3.63) is 47.8 Å². The van der Waals surface area contributed by atoms with E-state index in [4.69, 9.17) is 4.74 Å². The second-order valence-electron chi connectivity index (χ2n) is 6.28. The van der Waals surface area contributed by atoms with Crippen molar-refractivity contribution in [2.45, 2.75) is 39.2 Å². The van der Waals surface area contributed by atoms with Gasteiger partial charge >= 0.3 is 5.97 Å². The third kappa shape index (κ3) is 6.49. The van der Waals surface area contributed by atoms with Gasteiger partial charge in [-0.05, 0) is 5.56 Å². The van der Waals surface area contributed by atoms with Crippen LogP contribution >= 0.6 is 0 Å². The predicted octanol–water partition coefficient (Wildman–Crippen LogP) is 2.44. The molecular formula is C17H21N3O2Si. The van der Waals surface area contributed by atoms with E-state index in [2.05, 4.69) is 41.4 Å². The van der Waals surface area contributed by atoms with Crippen molar-refractivity contribution in [2.75, 3.05) is 0 Å². The Kier molecular flexibility index (Phi) is 5.71. The van der Waals surface area contributed by atoms with Crippen LogP contribution in [0.3, 0.4) is 0 Å². The molecule has 0 spiro atoms. The number of benzene rings is 1. The standard InChI is InChI=1S/C17H21N3O2Si/c1-23(2,3)11-7-10-16-12-20(19-18-16)13-17(21)22-14-15-8-5-4-6-9-15/h4-6,8-9,12H,10,13-14H2,1-3H3. The van der Waals surface area contributed by atoms with Crippen LogP contribution in [0.1, 0.15) is 11.3 Å². The average Bonchev–Trinajstić information content (AvgIpc) is 2.92. The molecule has 0 aliphatic rings. The van der Waals surface area contributed by atoms with Crippen LogP contribution in [0.4, 0.5) is 0 Å². The number of aromatic nitrogens is 3. The van der Waals surface area contributed by atoms with Gasteiger partial charge in [0.25, 0.3) is 0 Å². The van der Waals surface area contributed by atoms with Crippen molar-refractivity contribution in [1.29, 1.82) is 0 Å². The number of carbonyl (C=O) groups is 1. The molecule has 6 heteroatoms. The van der Waals surface area contributed by atoms with Crippen LogP contribution < -0.4 is 0 Å². The quantitative estimate of drug-likeness (QED) is 0.481. The number of hydrogen-bond acceptors (Lipinski definition) is 4. The third-order valence-corrected chi connectivity index (χ3v) is 3.78. The molecule has 5 nitrogen and oxygen atoms in total. The molecule has 1 aromatic carbocycles. The molecule has 1 aromatic heterocycles. The molecule has 0 unspecified atom stereocenters. The minimum absolute atomic E-state index is 0.0568. The Bertz CT molecular complexity index is 709. The lowest BCUT2D eigenvalue weighted by molar-refractivity contribution is -0.145. The molecule has 0 saturated heterocycles. The zero-order valence-electron chi connectivity index (χ0n) is 13.7. The molecule has 23 heavy (non-hydrogen) atoms. The lowest BCUT2D eigenvalue weighted by Crippen LogP contribution is -2.16. The van der Waals surface area contributed by atoms with E-state index in [1.807, 2.05) is 30.3 Å². The molecule has 1 heterocycles. The Balaban J connectivity index is 1.81. The van der Waals surface area contributed by atoms with E-state index >= 15 is 0 Å². The van der Waals surface area contributed by atoms with E-state index in [-0.39, 0.29) is 19.1 Å². The molecule has 0 aliphatic heterocycles. The van der Waals surface area contributed by atoms with Crippen molar-refractivity contribution in [3.63, 3.8) is 0 Å². The zero-order valence-corrected chi connectivity index (χ0v) is 14.7. The normalized spacial score (nSPS) is 10.7. The van der Waals surface area contributed by atoms with Gasteiger partial charge in [0.05, 0.1) is 18.3 Å². The van der Waals surface area contributed by atoms with Crippen molar-refractivity contribution in [3.8, 4) is 11.5 Å². The first-order chi connectivity index (χ1) is 10.9. The summed E-state index contributed by atoms with van der Waals surface area (Å²) in [5.41, 5.74) is 5.01. The molecule has 0 N–H and O–H groups in total. The maximum atomic E-state index is 11.8. The van der Waals surface area contributed by atoms with E-state index in [0.717, 1.165) is 11.3 Å². The van der Waals surface area contributed by atoms with Gasteiger partial charge in [-0.2, -0.15) is 0 Å². The van der Waals surface area contributed by atoms with Gasteiger partial charge in [-0.25, -0.2) is 4.68 Å². The fourth-order valence-electron chi connectivity index (χ4n) is 1.81. The molecular weight excluding hydrogens is 306 g/mol. The smallest absolute Gasteiger partial charge is 0.328 e. The summed E-state index contributed by atoms with van der Waals surface area (Å²) < 4.78 is 6.70. The molecule has 0 amide bonds. The van der Waals surface area contributed by atoms with Gasteiger partial charge in [-0.15, -0.1) is 16.6 Å². The monoisotopic (exact) mass is 327 g/mol. The number of hydrogen-bond donors (Lipinski definition) is 0. The van der Waals surface area contributed by atoms with Gasteiger partial charge < -0.3 is 4.74 Å². The summed E-state index contributed by atoms with van der Waals surface area (Å²) in [4.78, 5) is 11.8. The van der Waals surface area contributed by atoms with Crippen molar-refractivity contribution in [1.82, 2.24) is 15.0 Å². The Morgan fingerprint density at radius 2 is 2.00 bits per heavy atom. The van der Waals surface area contributed by atoms with Gasteiger partial charge in [0.1, 0.15) is 21.2 Å². The predicted molar refractivity (Wildman–Crippen MR) is 91.1 cm³/mol. The van der Waals surface area contributed by atoms with Crippen LogP contribution in [0, 0.1) is 11.5 Å². The second kappa shape index (κ2) is 7.74. The minimum Gasteiger partial charge on any atom is -0.459 e. The zero-order chi connectivity index (χ0) is 16.7. The van der Waals surface area contributed by atoms with E-state index < -0.39 is 8.07 Å². The van der Waals surface area contributed by atoms with Gasteiger partial charge in [0, 0.05) is 0 Å². The first kappa shape index (κ1) is 17.0. The highest BCUT2D eigenvalue weighted by molar-refractivity contribution is 6.83. The molecule has 2 aromatic rings. The molecule has 0 bridgehead atoms. The fourth-order valence-corrected chi connectivity index (χ4v) is 2.43. The molecule has 0 saturated carbocycles. The van der Waals surface area contributed by atoms with Crippen LogP contribution in [0.25, 0.3) is 0 Å². The minimum atomic E-state index is -1.36. The fraction of sp³-hybridized carbons (Fsp3) is 0.353. The molecule has 120 valence electrons. The molecule has 0 radical (unpaired) electrons. The molecule has 0 aliphatic carbocycles. The molecule has 0 atom stereocenters. The van der Waals surface area contributed by atoms with Crippen molar-refractivity contribution in [2.24, 2.45) is 0 Å². The Labute approximate surface area is 137 Å². The number of esters is 1. The summed E-state index contributed by atoms with van der Waals surface area (Å²) in [6.45, 7) is 6.91. The van der Waals surface area contributed by atoms with Gasteiger partial charge in [0.15, 0.2) is 0 Å². The first-order valence-electron chi connectivity index (χ1n) is 7.51. The number of rotatable bonds is 5. The highest BCUT2D eigenvalue weighted by atomic mass is 28.3. The Morgan fingerprint density at radius 3 is 2.70 bits per heavy atom. The van der Waals surface area contributed by atoms with Crippen molar-refractivity contribution < 1.29 is 9.53 Å². The van der Waals surface area contributed by atoms with Crippen molar-refractivity contribution >= 4 is 14.0 Å². The van der Waals surface area contributed by atoms with Gasteiger partial charge in [-0.1, -0.05) is 55.2 Å². The van der Waals surface area contributed by atoms with Crippen LogP contribution in [-0.2, 0) is 29.1 Å². The number of nitrogens with zero attached hydrogens (tertiary/aromatic N) is 3. The maximum Gasteiger partial charge on any atom is 0.328 e. The van der Waals surface area contributed by atoms with E-state index in [1.165, 1.54) is 4.68 Å². The van der Waals surface area contributed by atoms with E-state index in [0.29, 0.717) is 6.42 Å². The first-order valence-corrected chi connectivity index (χ1v) is 11.0. The summed E-state index contributed by atoms with van der Waals surface area (Å²) in [7, 11) is -1.36. The van der Waals surface area contributed by atoms with E-state index in [1.54, 1.807) is 6.20 Å². The summed E-state index contributed by atoms with van der Waals surface area (Å²) in [5, 5.41) is 7.96. The molecule has 0 fully saturated rings. The highest BCUT2D eigenvalue weighted by Crippen LogP contribution is 2.02. The summed E-state index contributed by atoms with van der Waals surface area (Å²) in [5.74, 6) is 2.80. The summed E-state index contributed by atoms with van der Waals surface area (Å²) in [6.07, 6.45) is 2.30. The van der Waals surface area contributed by atoms with Crippen LogP contribution in [0.2, 0.25) is 19.6 Å². The lowest BCUT2D eigenvalue weighted by Gasteiger charge is -2.04. The summed E-state index contributed by atoms with van der Waals surface area (Å²) >= 11 is 0. The highest BCUT2D eigenvalue weighted by Gasteiger charge is 2.09.